The van der Waals surface area contributed by atoms with Gasteiger partial charge in [0.1, 0.15) is 5.82 Å². The minimum absolute atomic E-state index is 0.0782. The molecule has 0 aromatic heterocycles. The molecule has 1 aromatic rings. The van der Waals surface area contributed by atoms with E-state index in [0.717, 1.165) is 24.6 Å². The van der Waals surface area contributed by atoms with E-state index < -0.39 is 21.9 Å². The Hall–Kier alpha value is -0.690. The smallest absolute Gasteiger partial charge is 0.240 e. The number of benzene rings is 1. The van der Waals surface area contributed by atoms with Crippen LogP contribution in [0, 0.1) is 5.82 Å². The Morgan fingerprint density at radius 2 is 2.17 bits per heavy atom. The number of hydrogen-bond donors (Lipinski definition) is 2. The molecule has 102 valence electrons. The van der Waals surface area contributed by atoms with Gasteiger partial charge < -0.3 is 5.11 Å². The molecular formula is C11H15ClFNO3S. The minimum Gasteiger partial charge on any atom is -0.392 e. The summed E-state index contributed by atoms with van der Waals surface area (Å²) < 4.78 is 38.8. The minimum atomic E-state index is -3.77. The van der Waals surface area contributed by atoms with E-state index >= 15 is 0 Å². The van der Waals surface area contributed by atoms with E-state index in [1.165, 1.54) is 0 Å². The summed E-state index contributed by atoms with van der Waals surface area (Å²) in [6.07, 6.45) is 0.526. The highest BCUT2D eigenvalue weighted by atomic mass is 35.5. The van der Waals surface area contributed by atoms with Crippen molar-refractivity contribution in [3.8, 4) is 0 Å². The molecule has 1 atom stereocenters. The van der Waals surface area contributed by atoms with Crippen LogP contribution in [-0.2, 0) is 10.0 Å². The Bertz CT molecular complexity index is 507. The third-order valence-electron chi connectivity index (χ3n) is 2.33. The second-order valence-corrected chi connectivity index (χ2v) is 6.04. The topological polar surface area (TPSA) is 66.4 Å². The summed E-state index contributed by atoms with van der Waals surface area (Å²) in [5.74, 6) is -0.679. The van der Waals surface area contributed by atoms with Crippen LogP contribution in [0.4, 0.5) is 4.39 Å². The van der Waals surface area contributed by atoms with Crippen molar-refractivity contribution >= 4 is 21.6 Å². The molecule has 0 spiro atoms. The summed E-state index contributed by atoms with van der Waals surface area (Å²) in [5.41, 5.74) is 0. The highest BCUT2D eigenvalue weighted by Gasteiger charge is 2.17. The molecule has 1 unspecified atom stereocenters. The van der Waals surface area contributed by atoms with Crippen molar-refractivity contribution < 1.29 is 17.9 Å². The van der Waals surface area contributed by atoms with E-state index in [0.29, 0.717) is 6.42 Å². The fraction of sp³-hybridized carbons (Fsp3) is 0.455. The summed E-state index contributed by atoms with van der Waals surface area (Å²) in [6.45, 7) is 1.81. The molecule has 0 saturated carbocycles. The highest BCUT2D eigenvalue weighted by Crippen LogP contribution is 2.19. The molecule has 0 aliphatic heterocycles. The van der Waals surface area contributed by atoms with Crippen LogP contribution in [0.15, 0.2) is 23.1 Å². The van der Waals surface area contributed by atoms with E-state index in [-0.39, 0.29) is 16.5 Å². The molecule has 4 nitrogen and oxygen atoms in total. The van der Waals surface area contributed by atoms with Crippen molar-refractivity contribution in [3.05, 3.63) is 29.0 Å². The van der Waals surface area contributed by atoms with Crippen LogP contribution in [0.1, 0.15) is 19.8 Å². The number of aliphatic hydroxyl groups is 1. The lowest BCUT2D eigenvalue weighted by Crippen LogP contribution is -2.32. The third-order valence-corrected chi connectivity index (χ3v) is 4.04. The average molecular weight is 296 g/mol. The highest BCUT2D eigenvalue weighted by molar-refractivity contribution is 7.89. The number of nitrogens with one attached hydrogen (secondary N) is 1. The van der Waals surface area contributed by atoms with Gasteiger partial charge in [-0.2, -0.15) is 0 Å². The summed E-state index contributed by atoms with van der Waals surface area (Å²) in [4.78, 5) is -0.127. The lowest BCUT2D eigenvalue weighted by molar-refractivity contribution is 0.167. The second-order valence-electron chi connectivity index (χ2n) is 3.87. The summed E-state index contributed by atoms with van der Waals surface area (Å²) in [7, 11) is -3.77. The largest absolute Gasteiger partial charge is 0.392 e. The molecule has 0 saturated heterocycles. The number of rotatable bonds is 6. The lowest BCUT2D eigenvalue weighted by Gasteiger charge is -2.11. The van der Waals surface area contributed by atoms with Gasteiger partial charge in [0.05, 0.1) is 16.0 Å². The zero-order valence-electron chi connectivity index (χ0n) is 9.86. The van der Waals surface area contributed by atoms with Gasteiger partial charge in [-0.1, -0.05) is 24.9 Å². The second kappa shape index (κ2) is 6.47. The third kappa shape index (κ3) is 4.20. The van der Waals surface area contributed by atoms with Gasteiger partial charge in [-0.25, -0.2) is 17.5 Å². The normalized spacial score (nSPS) is 13.6. The molecule has 0 amide bonds. The first kappa shape index (κ1) is 15.4. The van der Waals surface area contributed by atoms with Crippen LogP contribution in [0.2, 0.25) is 5.02 Å². The molecular weight excluding hydrogens is 281 g/mol. The molecule has 7 heteroatoms. The first-order valence-corrected chi connectivity index (χ1v) is 7.35. The van der Waals surface area contributed by atoms with Crippen molar-refractivity contribution in [1.29, 1.82) is 0 Å². The standard InChI is InChI=1S/C11H15ClFNO3S/c1-2-3-8(15)7-14-18(16,17)9-4-5-11(13)10(12)6-9/h4-6,8,14-15H,2-3,7H2,1H3. The maximum atomic E-state index is 12.9. The van der Waals surface area contributed by atoms with Crippen LogP contribution in [0.5, 0.6) is 0 Å². The van der Waals surface area contributed by atoms with Gasteiger partial charge in [0.25, 0.3) is 0 Å². The Kier molecular flexibility index (Phi) is 5.52. The van der Waals surface area contributed by atoms with E-state index in [1.54, 1.807) is 0 Å². The zero-order valence-corrected chi connectivity index (χ0v) is 11.4. The molecule has 0 aliphatic carbocycles. The van der Waals surface area contributed by atoms with E-state index in [4.69, 9.17) is 11.6 Å². The van der Waals surface area contributed by atoms with Crippen molar-refractivity contribution in [2.75, 3.05) is 6.54 Å². The van der Waals surface area contributed by atoms with Crippen LogP contribution >= 0.6 is 11.6 Å². The van der Waals surface area contributed by atoms with Gasteiger partial charge in [-0.3, -0.25) is 0 Å². The van der Waals surface area contributed by atoms with Crippen molar-refractivity contribution in [2.24, 2.45) is 0 Å². The first-order chi connectivity index (χ1) is 8.36. The fourth-order valence-corrected chi connectivity index (χ4v) is 2.71. The first-order valence-electron chi connectivity index (χ1n) is 5.49. The van der Waals surface area contributed by atoms with Gasteiger partial charge in [0, 0.05) is 6.54 Å². The Morgan fingerprint density at radius 3 is 2.72 bits per heavy atom. The predicted molar refractivity (Wildman–Crippen MR) is 67.5 cm³/mol. The fourth-order valence-electron chi connectivity index (χ4n) is 1.37. The molecule has 1 rings (SSSR count). The predicted octanol–water partition coefficient (Wildman–Crippen LogP) is 1.92. The van der Waals surface area contributed by atoms with E-state index in [2.05, 4.69) is 4.72 Å². The number of sulfonamides is 1. The van der Waals surface area contributed by atoms with Gasteiger partial charge in [-0.15, -0.1) is 0 Å². The SMILES string of the molecule is CCCC(O)CNS(=O)(=O)c1ccc(F)c(Cl)c1. The maximum Gasteiger partial charge on any atom is 0.240 e. The Morgan fingerprint density at radius 1 is 1.50 bits per heavy atom. The van der Waals surface area contributed by atoms with Crippen molar-refractivity contribution in [2.45, 2.75) is 30.8 Å². The van der Waals surface area contributed by atoms with Crippen LogP contribution in [-0.4, -0.2) is 26.2 Å². The van der Waals surface area contributed by atoms with E-state index in [9.17, 15) is 17.9 Å². The number of hydrogen-bond acceptors (Lipinski definition) is 3. The van der Waals surface area contributed by atoms with Gasteiger partial charge >= 0.3 is 0 Å². The van der Waals surface area contributed by atoms with Gasteiger partial charge in [0.2, 0.25) is 10.0 Å². The molecule has 18 heavy (non-hydrogen) atoms. The van der Waals surface area contributed by atoms with Gasteiger partial charge in [-0.05, 0) is 24.6 Å². The quantitative estimate of drug-likeness (QED) is 0.842. The monoisotopic (exact) mass is 295 g/mol. The summed E-state index contributed by atoms with van der Waals surface area (Å²) >= 11 is 5.52. The molecule has 0 fully saturated rings. The number of halogens is 2. The molecule has 0 aliphatic rings. The molecule has 1 aromatic carbocycles. The molecule has 0 bridgehead atoms. The van der Waals surface area contributed by atoms with Crippen molar-refractivity contribution in [1.82, 2.24) is 4.72 Å². The van der Waals surface area contributed by atoms with Crippen LogP contribution in [0.3, 0.4) is 0 Å². The zero-order chi connectivity index (χ0) is 13.8. The summed E-state index contributed by atoms with van der Waals surface area (Å²) in [5, 5.41) is 9.19. The Balaban J connectivity index is 2.77. The van der Waals surface area contributed by atoms with Crippen LogP contribution < -0.4 is 4.72 Å². The summed E-state index contributed by atoms with van der Waals surface area (Å²) in [6, 6.07) is 3.14. The van der Waals surface area contributed by atoms with Crippen LogP contribution in [0.25, 0.3) is 0 Å². The average Bonchev–Trinajstić information content (AvgIpc) is 2.30. The van der Waals surface area contributed by atoms with Gasteiger partial charge in [0.15, 0.2) is 0 Å². The van der Waals surface area contributed by atoms with Crippen molar-refractivity contribution in [3.63, 3.8) is 0 Å². The molecule has 0 heterocycles. The van der Waals surface area contributed by atoms with E-state index in [1.807, 2.05) is 6.92 Å². The Labute approximate surface area is 111 Å². The molecule has 0 radical (unpaired) electrons. The maximum absolute atomic E-state index is 12.9. The lowest BCUT2D eigenvalue weighted by atomic mass is 10.2. The number of aliphatic hydroxyl groups excluding tert-OH is 1. The molecule has 2 N–H and O–H groups in total.